The number of nitrogens with one attached hydrogen (secondary N) is 2. The maximum Gasteiger partial charge on any atom is 0.326 e. The number of aliphatic carboxylic acids is 1. The fourth-order valence-corrected chi connectivity index (χ4v) is 2.56. The lowest BCUT2D eigenvalue weighted by Gasteiger charge is -2.31. The lowest BCUT2D eigenvalue weighted by Crippen LogP contribution is -2.48. The molecule has 2 amide bonds. The molecule has 1 atom stereocenters. The molecule has 0 radical (unpaired) electrons. The van der Waals surface area contributed by atoms with Gasteiger partial charge >= 0.3 is 5.97 Å². The van der Waals surface area contributed by atoms with Crippen LogP contribution >= 0.6 is 0 Å². The van der Waals surface area contributed by atoms with Crippen molar-refractivity contribution in [2.45, 2.75) is 32.2 Å². The van der Waals surface area contributed by atoms with Crippen LogP contribution in [-0.4, -0.2) is 56.9 Å². The third-order valence-corrected chi connectivity index (χ3v) is 3.90. The van der Waals surface area contributed by atoms with Crippen LogP contribution in [-0.2, 0) is 20.8 Å². The number of rotatable bonds is 5. The highest BCUT2D eigenvalue weighted by Crippen LogP contribution is 2.17. The average molecular weight is 308 g/mol. The van der Waals surface area contributed by atoms with E-state index in [1.54, 1.807) is 4.90 Å². The van der Waals surface area contributed by atoms with E-state index in [1.165, 1.54) is 19.4 Å². The lowest BCUT2D eigenvalue weighted by molar-refractivity contribution is -0.143. The summed E-state index contributed by atoms with van der Waals surface area (Å²) in [6, 6.07) is -0.987. The van der Waals surface area contributed by atoms with Crippen molar-refractivity contribution in [3.8, 4) is 0 Å². The Labute approximate surface area is 127 Å². The van der Waals surface area contributed by atoms with Gasteiger partial charge in [0, 0.05) is 44.2 Å². The predicted molar refractivity (Wildman–Crippen MR) is 76.8 cm³/mol. The predicted octanol–water partition coefficient (Wildman–Crippen LogP) is -0.220. The number of carbonyl (C=O) groups excluding carboxylic acids is 2. The number of H-pyrrole nitrogens is 1. The van der Waals surface area contributed by atoms with Crippen LogP contribution in [0, 0.1) is 5.92 Å². The minimum Gasteiger partial charge on any atom is -0.480 e. The molecule has 22 heavy (non-hydrogen) atoms. The van der Waals surface area contributed by atoms with Crippen LogP contribution in [0.1, 0.15) is 25.5 Å². The molecule has 2 heterocycles. The summed E-state index contributed by atoms with van der Waals surface area (Å²) in [7, 11) is 0. The van der Waals surface area contributed by atoms with E-state index in [2.05, 4.69) is 15.3 Å². The number of nitrogens with zero attached hydrogens (tertiary/aromatic N) is 2. The van der Waals surface area contributed by atoms with Crippen LogP contribution in [0.3, 0.4) is 0 Å². The summed E-state index contributed by atoms with van der Waals surface area (Å²) in [4.78, 5) is 43.1. The van der Waals surface area contributed by atoms with Gasteiger partial charge in [0.15, 0.2) is 0 Å². The van der Waals surface area contributed by atoms with E-state index in [0.29, 0.717) is 31.6 Å². The van der Waals surface area contributed by atoms with Crippen molar-refractivity contribution in [2.24, 2.45) is 5.92 Å². The molecule has 1 aromatic rings. The Morgan fingerprint density at radius 2 is 2.14 bits per heavy atom. The number of imidazole rings is 1. The van der Waals surface area contributed by atoms with Crippen molar-refractivity contribution in [1.29, 1.82) is 0 Å². The maximum atomic E-state index is 12.2. The van der Waals surface area contributed by atoms with Gasteiger partial charge in [-0.15, -0.1) is 0 Å². The number of piperidine rings is 1. The van der Waals surface area contributed by atoms with Gasteiger partial charge in [-0.2, -0.15) is 0 Å². The van der Waals surface area contributed by atoms with Crippen LogP contribution in [0.5, 0.6) is 0 Å². The van der Waals surface area contributed by atoms with Crippen LogP contribution in [0.15, 0.2) is 12.5 Å². The quantitative estimate of drug-likeness (QED) is 0.695. The molecule has 8 heteroatoms. The van der Waals surface area contributed by atoms with Gasteiger partial charge in [0.2, 0.25) is 11.8 Å². The zero-order valence-corrected chi connectivity index (χ0v) is 12.4. The third kappa shape index (κ3) is 4.06. The molecular formula is C14H20N4O4. The van der Waals surface area contributed by atoms with E-state index in [9.17, 15) is 19.5 Å². The van der Waals surface area contributed by atoms with Crippen LogP contribution in [0.2, 0.25) is 0 Å². The first-order valence-corrected chi connectivity index (χ1v) is 7.23. The molecule has 1 fully saturated rings. The molecule has 1 aliphatic rings. The second-order valence-electron chi connectivity index (χ2n) is 5.46. The molecule has 2 rings (SSSR count). The van der Waals surface area contributed by atoms with Gasteiger partial charge in [0.1, 0.15) is 6.04 Å². The average Bonchev–Trinajstić information content (AvgIpc) is 2.99. The monoisotopic (exact) mass is 308 g/mol. The summed E-state index contributed by atoms with van der Waals surface area (Å²) in [5.41, 5.74) is 0.652. The SMILES string of the molecule is CC(=O)N1CCC(C(=O)NC(Cc2cnc[nH]2)C(=O)O)CC1. The Kier molecular flexibility index (Phi) is 5.13. The Hall–Kier alpha value is -2.38. The van der Waals surface area contributed by atoms with Crippen LogP contribution < -0.4 is 5.32 Å². The fourth-order valence-electron chi connectivity index (χ4n) is 2.56. The number of carboxylic acid groups (broad SMARTS) is 1. The van der Waals surface area contributed by atoms with Crippen molar-refractivity contribution < 1.29 is 19.5 Å². The van der Waals surface area contributed by atoms with E-state index in [1.807, 2.05) is 0 Å². The van der Waals surface area contributed by atoms with E-state index < -0.39 is 12.0 Å². The van der Waals surface area contributed by atoms with Gasteiger partial charge in [0.05, 0.1) is 6.33 Å². The van der Waals surface area contributed by atoms with E-state index in [-0.39, 0.29) is 24.2 Å². The number of likely N-dealkylation sites (tertiary alicyclic amines) is 1. The summed E-state index contributed by atoms with van der Waals surface area (Å²) < 4.78 is 0. The first-order valence-electron chi connectivity index (χ1n) is 7.23. The van der Waals surface area contributed by atoms with Gasteiger partial charge in [-0.3, -0.25) is 9.59 Å². The number of hydrogen-bond donors (Lipinski definition) is 3. The maximum absolute atomic E-state index is 12.2. The third-order valence-electron chi connectivity index (χ3n) is 3.90. The molecule has 1 unspecified atom stereocenters. The summed E-state index contributed by atoms with van der Waals surface area (Å²) in [6.45, 7) is 2.57. The fraction of sp³-hybridized carbons (Fsp3) is 0.571. The minimum absolute atomic E-state index is 0.00140. The summed E-state index contributed by atoms with van der Waals surface area (Å²) in [5, 5.41) is 11.8. The normalized spacial score (nSPS) is 17.0. The van der Waals surface area contributed by atoms with Crippen LogP contribution in [0.4, 0.5) is 0 Å². The summed E-state index contributed by atoms with van der Waals surface area (Å²) >= 11 is 0. The van der Waals surface area contributed by atoms with Gasteiger partial charge in [-0.05, 0) is 12.8 Å². The Bertz CT molecular complexity index is 535. The standard InChI is InChI=1S/C14H20N4O4/c1-9(19)18-4-2-10(3-5-18)13(20)17-12(14(21)22)6-11-7-15-8-16-11/h7-8,10,12H,2-6H2,1H3,(H,15,16)(H,17,20)(H,21,22). The Balaban J connectivity index is 1.89. The van der Waals surface area contributed by atoms with Crippen molar-refractivity contribution in [3.63, 3.8) is 0 Å². The number of aromatic amines is 1. The highest BCUT2D eigenvalue weighted by atomic mass is 16.4. The van der Waals surface area contributed by atoms with Gasteiger partial charge in [-0.25, -0.2) is 9.78 Å². The first kappa shape index (κ1) is 16.0. The van der Waals surface area contributed by atoms with E-state index in [4.69, 9.17) is 0 Å². The molecule has 0 aromatic carbocycles. The molecule has 120 valence electrons. The van der Waals surface area contributed by atoms with Crippen LogP contribution in [0.25, 0.3) is 0 Å². The van der Waals surface area contributed by atoms with Crippen molar-refractivity contribution in [1.82, 2.24) is 20.2 Å². The highest BCUT2D eigenvalue weighted by Gasteiger charge is 2.29. The number of carboxylic acids is 1. The smallest absolute Gasteiger partial charge is 0.326 e. The Morgan fingerprint density at radius 3 is 2.64 bits per heavy atom. The van der Waals surface area contributed by atoms with Gasteiger partial charge in [0.25, 0.3) is 0 Å². The summed E-state index contributed by atoms with van der Waals surface area (Å²) in [5.74, 6) is -1.60. The second-order valence-corrected chi connectivity index (χ2v) is 5.46. The zero-order valence-electron chi connectivity index (χ0n) is 12.4. The number of amides is 2. The number of carbonyl (C=O) groups is 3. The topological polar surface area (TPSA) is 115 Å². The molecule has 1 aliphatic heterocycles. The van der Waals surface area contributed by atoms with Crippen molar-refractivity contribution in [3.05, 3.63) is 18.2 Å². The van der Waals surface area contributed by atoms with Crippen molar-refractivity contribution in [2.75, 3.05) is 13.1 Å². The molecule has 1 aromatic heterocycles. The molecular weight excluding hydrogens is 288 g/mol. The van der Waals surface area contributed by atoms with Gasteiger partial charge < -0.3 is 20.3 Å². The largest absolute Gasteiger partial charge is 0.480 e. The minimum atomic E-state index is -1.08. The molecule has 1 saturated heterocycles. The van der Waals surface area contributed by atoms with E-state index in [0.717, 1.165) is 0 Å². The molecule has 0 bridgehead atoms. The number of hydrogen-bond acceptors (Lipinski definition) is 4. The van der Waals surface area contributed by atoms with E-state index >= 15 is 0 Å². The highest BCUT2D eigenvalue weighted by molar-refractivity contribution is 5.85. The molecule has 3 N–H and O–H groups in total. The second kappa shape index (κ2) is 7.06. The molecule has 0 aliphatic carbocycles. The zero-order chi connectivity index (χ0) is 16.1. The first-order chi connectivity index (χ1) is 10.5. The number of aromatic nitrogens is 2. The Morgan fingerprint density at radius 1 is 1.45 bits per heavy atom. The van der Waals surface area contributed by atoms with Crippen molar-refractivity contribution >= 4 is 17.8 Å². The van der Waals surface area contributed by atoms with Gasteiger partial charge in [-0.1, -0.05) is 0 Å². The molecule has 0 spiro atoms. The molecule has 0 saturated carbocycles. The lowest BCUT2D eigenvalue weighted by atomic mass is 9.95. The summed E-state index contributed by atoms with van der Waals surface area (Å²) in [6.07, 6.45) is 4.28. The molecule has 8 nitrogen and oxygen atoms in total.